The third-order valence-electron chi connectivity index (χ3n) is 3.05. The maximum absolute atomic E-state index is 11.5. The summed E-state index contributed by atoms with van der Waals surface area (Å²) in [6.07, 6.45) is 0. The van der Waals surface area contributed by atoms with E-state index in [4.69, 9.17) is 0 Å². The largest absolute Gasteiger partial charge is 0.374 e. The van der Waals surface area contributed by atoms with Gasteiger partial charge < -0.3 is 5.32 Å². The minimum absolute atomic E-state index is 0.0834. The second-order valence-electron chi connectivity index (χ2n) is 4.46. The van der Waals surface area contributed by atoms with Crippen LogP contribution in [0.1, 0.15) is 26.3 Å². The van der Waals surface area contributed by atoms with Gasteiger partial charge >= 0.3 is 0 Å². The maximum Gasteiger partial charge on any atom is 0.152 e. The summed E-state index contributed by atoms with van der Waals surface area (Å²) in [5.41, 5.74) is 2.24. The summed E-state index contributed by atoms with van der Waals surface area (Å²) in [5, 5.41) is 3.27. The fraction of sp³-hybridized carbons (Fsp3) is 0.417. The van der Waals surface area contributed by atoms with Crippen LogP contribution in [0.5, 0.6) is 0 Å². The Morgan fingerprint density at radius 3 is 2.57 bits per heavy atom. The van der Waals surface area contributed by atoms with Crippen LogP contribution in [0.3, 0.4) is 0 Å². The lowest BCUT2D eigenvalue weighted by atomic mass is 9.79. The minimum Gasteiger partial charge on any atom is -0.374 e. The van der Waals surface area contributed by atoms with Crippen molar-refractivity contribution in [1.29, 1.82) is 0 Å². The molecule has 1 aliphatic heterocycles. The van der Waals surface area contributed by atoms with Crippen LogP contribution in [0.25, 0.3) is 0 Å². The van der Waals surface area contributed by atoms with E-state index in [0.717, 1.165) is 5.69 Å². The van der Waals surface area contributed by atoms with Crippen molar-refractivity contribution in [3.05, 3.63) is 29.8 Å². The van der Waals surface area contributed by atoms with E-state index in [0.29, 0.717) is 0 Å². The summed E-state index contributed by atoms with van der Waals surface area (Å²) >= 11 is 0. The predicted molar refractivity (Wildman–Crippen MR) is 57.6 cm³/mol. The van der Waals surface area contributed by atoms with E-state index in [-0.39, 0.29) is 17.2 Å². The van der Waals surface area contributed by atoms with Crippen molar-refractivity contribution in [2.75, 3.05) is 5.32 Å². The van der Waals surface area contributed by atoms with Crippen LogP contribution in [0, 0.1) is 0 Å². The van der Waals surface area contributed by atoms with Crippen LogP contribution in [0.2, 0.25) is 0 Å². The molecule has 14 heavy (non-hydrogen) atoms. The minimum atomic E-state index is -0.0948. The molecule has 0 bridgehead atoms. The highest BCUT2D eigenvalue weighted by Crippen LogP contribution is 2.40. The average molecular weight is 189 g/mol. The third-order valence-corrected chi connectivity index (χ3v) is 3.05. The van der Waals surface area contributed by atoms with Crippen LogP contribution < -0.4 is 5.32 Å². The molecule has 2 nitrogen and oxygen atoms in total. The summed E-state index contributed by atoms with van der Waals surface area (Å²) in [6.45, 7) is 5.86. The number of rotatable bonds is 1. The number of anilines is 1. The molecule has 1 N–H and O–H groups in total. The van der Waals surface area contributed by atoms with Gasteiger partial charge in [0.2, 0.25) is 0 Å². The van der Waals surface area contributed by atoms with Gasteiger partial charge in [-0.25, -0.2) is 0 Å². The molecule has 1 aromatic carbocycles. The topological polar surface area (TPSA) is 29.1 Å². The van der Waals surface area contributed by atoms with Crippen molar-refractivity contribution in [1.82, 2.24) is 0 Å². The maximum atomic E-state index is 11.5. The van der Waals surface area contributed by atoms with E-state index >= 15 is 0 Å². The lowest BCUT2D eigenvalue weighted by Crippen LogP contribution is -2.38. The van der Waals surface area contributed by atoms with Crippen LogP contribution >= 0.6 is 0 Å². The molecule has 1 atom stereocenters. The number of hydrogen-bond donors (Lipinski definition) is 1. The van der Waals surface area contributed by atoms with Gasteiger partial charge in [0.1, 0.15) is 0 Å². The van der Waals surface area contributed by atoms with Gasteiger partial charge in [-0.3, -0.25) is 4.79 Å². The monoisotopic (exact) mass is 189 g/mol. The molecular weight excluding hydrogens is 174 g/mol. The Hall–Kier alpha value is -1.31. The number of fused-ring (bicyclic) bond motifs is 1. The first-order valence-corrected chi connectivity index (χ1v) is 4.90. The molecule has 0 amide bonds. The molecular formula is C12H15NO. The number of carbonyl (C=O) groups excluding carboxylic acids is 1. The highest BCUT2D eigenvalue weighted by atomic mass is 16.1. The van der Waals surface area contributed by atoms with E-state index in [9.17, 15) is 4.79 Å². The molecule has 1 unspecified atom stereocenters. The fourth-order valence-electron chi connectivity index (χ4n) is 2.27. The lowest BCUT2D eigenvalue weighted by Gasteiger charge is -2.25. The first-order chi connectivity index (χ1) is 6.53. The number of para-hydroxylation sites is 1. The van der Waals surface area contributed by atoms with Gasteiger partial charge in [-0.15, -0.1) is 0 Å². The van der Waals surface area contributed by atoms with Gasteiger partial charge in [-0.05, 0) is 18.6 Å². The van der Waals surface area contributed by atoms with E-state index in [1.54, 1.807) is 6.92 Å². The van der Waals surface area contributed by atoms with Crippen LogP contribution in [0.4, 0.5) is 5.69 Å². The molecule has 1 aliphatic rings. The molecule has 2 rings (SSSR count). The molecule has 74 valence electrons. The molecule has 0 spiro atoms. The first-order valence-electron chi connectivity index (χ1n) is 4.90. The molecule has 1 aromatic rings. The fourth-order valence-corrected chi connectivity index (χ4v) is 2.27. The summed E-state index contributed by atoms with van der Waals surface area (Å²) in [4.78, 5) is 11.5. The Bertz CT molecular complexity index is 382. The average Bonchev–Trinajstić information content (AvgIpc) is 2.39. The zero-order valence-electron chi connectivity index (χ0n) is 8.79. The van der Waals surface area contributed by atoms with Crippen molar-refractivity contribution in [3.63, 3.8) is 0 Å². The number of benzene rings is 1. The number of hydrogen-bond acceptors (Lipinski definition) is 2. The number of ketones is 1. The van der Waals surface area contributed by atoms with Crippen LogP contribution in [-0.4, -0.2) is 11.8 Å². The highest BCUT2D eigenvalue weighted by Gasteiger charge is 2.41. The van der Waals surface area contributed by atoms with Gasteiger partial charge in [0, 0.05) is 11.1 Å². The zero-order chi connectivity index (χ0) is 10.3. The molecule has 2 heteroatoms. The summed E-state index contributed by atoms with van der Waals surface area (Å²) in [7, 11) is 0. The van der Waals surface area contributed by atoms with E-state index in [2.05, 4.69) is 25.2 Å². The normalized spacial score (nSPS) is 22.6. The quantitative estimate of drug-likeness (QED) is 0.734. The number of carbonyl (C=O) groups is 1. The van der Waals surface area contributed by atoms with E-state index < -0.39 is 0 Å². The second-order valence-corrected chi connectivity index (χ2v) is 4.46. The molecule has 0 saturated carbocycles. The summed E-state index contributed by atoms with van der Waals surface area (Å²) in [5.74, 6) is 0.200. The first kappa shape index (κ1) is 9.25. The van der Waals surface area contributed by atoms with Gasteiger partial charge in [0.25, 0.3) is 0 Å². The number of nitrogens with one attached hydrogen (secondary N) is 1. The molecule has 1 heterocycles. The van der Waals surface area contributed by atoms with Crippen molar-refractivity contribution < 1.29 is 4.79 Å². The van der Waals surface area contributed by atoms with Gasteiger partial charge in [-0.1, -0.05) is 32.0 Å². The molecule has 0 aliphatic carbocycles. The van der Waals surface area contributed by atoms with Gasteiger partial charge in [0.15, 0.2) is 5.78 Å². The zero-order valence-corrected chi connectivity index (χ0v) is 8.79. The van der Waals surface area contributed by atoms with Crippen molar-refractivity contribution in [2.24, 2.45) is 0 Å². The Morgan fingerprint density at radius 2 is 2.00 bits per heavy atom. The Morgan fingerprint density at radius 1 is 1.36 bits per heavy atom. The Labute approximate surface area is 84.3 Å². The van der Waals surface area contributed by atoms with E-state index in [1.165, 1.54) is 5.56 Å². The van der Waals surface area contributed by atoms with Crippen molar-refractivity contribution in [3.8, 4) is 0 Å². The van der Waals surface area contributed by atoms with Gasteiger partial charge in [-0.2, -0.15) is 0 Å². The second kappa shape index (κ2) is 2.84. The van der Waals surface area contributed by atoms with Gasteiger partial charge in [0.05, 0.1) is 6.04 Å². The lowest BCUT2D eigenvalue weighted by molar-refractivity contribution is -0.118. The highest BCUT2D eigenvalue weighted by molar-refractivity contribution is 5.89. The summed E-state index contributed by atoms with van der Waals surface area (Å²) in [6, 6.07) is 8.04. The smallest absolute Gasteiger partial charge is 0.152 e. The predicted octanol–water partition coefficient (Wildman–Crippen LogP) is 2.35. The summed E-state index contributed by atoms with van der Waals surface area (Å²) < 4.78 is 0. The standard InChI is InChI=1S/C12H15NO/c1-8(14)11-12(2,3)9-6-4-5-7-10(9)13-11/h4-7,11,13H,1-3H3. The molecule has 0 aromatic heterocycles. The molecule has 0 fully saturated rings. The molecule has 0 radical (unpaired) electrons. The van der Waals surface area contributed by atoms with Crippen LogP contribution in [-0.2, 0) is 10.2 Å². The molecule has 0 saturated heterocycles. The van der Waals surface area contributed by atoms with Crippen molar-refractivity contribution in [2.45, 2.75) is 32.2 Å². The Balaban J connectivity index is 2.50. The van der Waals surface area contributed by atoms with Crippen molar-refractivity contribution >= 4 is 11.5 Å². The third kappa shape index (κ3) is 1.14. The SMILES string of the molecule is CC(=O)C1Nc2ccccc2C1(C)C. The van der Waals surface area contributed by atoms with Crippen LogP contribution in [0.15, 0.2) is 24.3 Å². The number of Topliss-reactive ketones (excluding diaryl/α,β-unsaturated/α-hetero) is 1. The van der Waals surface area contributed by atoms with E-state index in [1.807, 2.05) is 18.2 Å². The Kier molecular flexibility index (Phi) is 1.88.